The van der Waals surface area contributed by atoms with E-state index in [0.717, 1.165) is 44.6 Å². The molecule has 0 radical (unpaired) electrons. The van der Waals surface area contributed by atoms with E-state index in [1.165, 1.54) is 6.42 Å². The average molecular weight is 386 g/mol. The Labute approximate surface area is 169 Å². The van der Waals surface area contributed by atoms with Crippen molar-refractivity contribution < 1.29 is 9.59 Å². The van der Waals surface area contributed by atoms with Crippen molar-refractivity contribution in [1.29, 1.82) is 0 Å². The molecule has 0 bridgehead atoms. The van der Waals surface area contributed by atoms with Crippen LogP contribution in [0, 0.1) is 17.8 Å². The number of likely N-dealkylation sites (tertiary alicyclic amines) is 2. The maximum absolute atomic E-state index is 13.0. The summed E-state index contributed by atoms with van der Waals surface area (Å²) in [4.78, 5) is 29.8. The summed E-state index contributed by atoms with van der Waals surface area (Å²) in [5, 5.41) is 3.06. The number of benzene rings is 1. The number of amides is 2. The minimum Gasteiger partial charge on any atom is -0.352 e. The van der Waals surface area contributed by atoms with Gasteiger partial charge in [-0.05, 0) is 56.7 Å². The number of nitrogens with one attached hydrogen (secondary N) is 1. The zero-order valence-electron chi connectivity index (χ0n) is 17.6. The van der Waals surface area contributed by atoms with Crippen molar-refractivity contribution in [2.75, 3.05) is 26.2 Å². The molecular weight excluding hydrogens is 350 g/mol. The fraction of sp³-hybridized carbons (Fsp3) is 0.652. The van der Waals surface area contributed by atoms with Gasteiger partial charge in [0.1, 0.15) is 0 Å². The molecule has 2 saturated heterocycles. The summed E-state index contributed by atoms with van der Waals surface area (Å²) in [7, 11) is 0. The Morgan fingerprint density at radius 1 is 1.07 bits per heavy atom. The highest BCUT2D eigenvalue weighted by Gasteiger charge is 2.33. The molecule has 2 aliphatic heterocycles. The molecule has 5 nitrogen and oxygen atoms in total. The highest BCUT2D eigenvalue weighted by atomic mass is 16.2. The van der Waals surface area contributed by atoms with E-state index in [4.69, 9.17) is 0 Å². The minimum atomic E-state index is -0.0918. The molecular formula is C23H35N3O2. The summed E-state index contributed by atoms with van der Waals surface area (Å²) in [5.41, 5.74) is 1.12. The Morgan fingerprint density at radius 3 is 2.29 bits per heavy atom. The maximum Gasteiger partial charge on any atom is 0.239 e. The van der Waals surface area contributed by atoms with E-state index in [1.54, 1.807) is 0 Å². The second kappa shape index (κ2) is 9.55. The van der Waals surface area contributed by atoms with E-state index < -0.39 is 0 Å². The predicted molar refractivity (Wildman–Crippen MR) is 112 cm³/mol. The van der Waals surface area contributed by atoms with Gasteiger partial charge in [-0.15, -0.1) is 0 Å². The quantitative estimate of drug-likeness (QED) is 0.848. The average Bonchev–Trinajstić information content (AvgIpc) is 2.71. The van der Waals surface area contributed by atoms with E-state index in [2.05, 4.69) is 29.0 Å². The monoisotopic (exact) mass is 385 g/mol. The lowest BCUT2D eigenvalue weighted by atomic mass is 9.91. The summed E-state index contributed by atoms with van der Waals surface area (Å²) in [5.74, 6) is 1.61. The van der Waals surface area contributed by atoms with Gasteiger partial charge in [-0.25, -0.2) is 0 Å². The third-order valence-corrected chi connectivity index (χ3v) is 6.30. The maximum atomic E-state index is 13.0. The van der Waals surface area contributed by atoms with Gasteiger partial charge in [0.05, 0.1) is 6.04 Å². The number of carbonyl (C=O) groups excluding carboxylic acids is 2. The predicted octanol–water partition coefficient (Wildman–Crippen LogP) is 2.91. The van der Waals surface area contributed by atoms with Crippen LogP contribution in [0.25, 0.3) is 0 Å². The smallest absolute Gasteiger partial charge is 0.239 e. The summed E-state index contributed by atoms with van der Waals surface area (Å²) in [6.07, 6.45) is 2.86. The molecule has 2 amide bonds. The van der Waals surface area contributed by atoms with E-state index >= 15 is 0 Å². The van der Waals surface area contributed by atoms with Crippen LogP contribution in [-0.4, -0.2) is 53.8 Å². The number of carbonyl (C=O) groups is 2. The Balaban J connectivity index is 1.45. The van der Waals surface area contributed by atoms with Crippen molar-refractivity contribution in [3.8, 4) is 0 Å². The van der Waals surface area contributed by atoms with E-state index in [9.17, 15) is 9.59 Å². The molecule has 0 saturated carbocycles. The molecule has 5 heteroatoms. The van der Waals surface area contributed by atoms with Crippen LogP contribution in [0.5, 0.6) is 0 Å². The standard InChI is InChI=1S/C23H35N3O2/c1-17-13-18(2)16-26(15-17)23(28)19(3)25-11-9-21(10-12-25)22(27)24-14-20-7-5-4-6-8-20/h4-8,17-19,21H,9-16H2,1-3H3,(H,24,27). The molecule has 1 aromatic rings. The minimum absolute atomic E-state index is 0.0531. The van der Waals surface area contributed by atoms with Crippen LogP contribution in [0.1, 0.15) is 45.6 Å². The van der Waals surface area contributed by atoms with Crippen LogP contribution in [0.15, 0.2) is 30.3 Å². The second-order valence-corrected chi connectivity index (χ2v) is 8.88. The van der Waals surface area contributed by atoms with Crippen molar-refractivity contribution in [3.63, 3.8) is 0 Å². The molecule has 0 spiro atoms. The molecule has 28 heavy (non-hydrogen) atoms. The molecule has 3 rings (SSSR count). The zero-order valence-corrected chi connectivity index (χ0v) is 17.6. The second-order valence-electron chi connectivity index (χ2n) is 8.88. The topological polar surface area (TPSA) is 52.7 Å². The molecule has 3 unspecified atom stereocenters. The van der Waals surface area contributed by atoms with Gasteiger partial charge in [0, 0.05) is 25.6 Å². The third kappa shape index (κ3) is 5.34. The lowest BCUT2D eigenvalue weighted by Crippen LogP contribution is -2.53. The molecule has 2 fully saturated rings. The van der Waals surface area contributed by atoms with Gasteiger partial charge in [-0.2, -0.15) is 0 Å². The summed E-state index contributed by atoms with van der Waals surface area (Å²) >= 11 is 0. The zero-order chi connectivity index (χ0) is 20.1. The van der Waals surface area contributed by atoms with E-state index in [-0.39, 0.29) is 23.8 Å². The lowest BCUT2D eigenvalue weighted by Gasteiger charge is -2.40. The van der Waals surface area contributed by atoms with Crippen molar-refractivity contribution >= 4 is 11.8 Å². The molecule has 1 N–H and O–H groups in total. The number of nitrogens with zero attached hydrogens (tertiary/aromatic N) is 2. The first-order chi connectivity index (χ1) is 13.4. The SMILES string of the molecule is CC1CC(C)CN(C(=O)C(C)N2CCC(C(=O)NCc3ccccc3)CC2)C1. The summed E-state index contributed by atoms with van der Waals surface area (Å²) < 4.78 is 0. The first-order valence-electron chi connectivity index (χ1n) is 10.8. The highest BCUT2D eigenvalue weighted by molar-refractivity contribution is 5.82. The molecule has 3 atom stereocenters. The van der Waals surface area contributed by atoms with Gasteiger partial charge in [0.15, 0.2) is 0 Å². The van der Waals surface area contributed by atoms with Crippen molar-refractivity contribution in [2.45, 2.75) is 52.6 Å². The largest absolute Gasteiger partial charge is 0.352 e. The van der Waals surface area contributed by atoms with Gasteiger partial charge in [-0.1, -0.05) is 44.2 Å². The van der Waals surface area contributed by atoms with Gasteiger partial charge in [0.25, 0.3) is 0 Å². The molecule has 2 aliphatic rings. The lowest BCUT2D eigenvalue weighted by molar-refractivity contribution is -0.140. The summed E-state index contributed by atoms with van der Waals surface area (Å²) in [6.45, 7) is 10.5. The van der Waals surface area contributed by atoms with Crippen LogP contribution in [0.2, 0.25) is 0 Å². The Bertz CT molecular complexity index is 645. The normalized spacial score (nSPS) is 25.3. The van der Waals surface area contributed by atoms with E-state index in [1.807, 2.05) is 37.3 Å². The third-order valence-electron chi connectivity index (χ3n) is 6.30. The fourth-order valence-electron chi connectivity index (χ4n) is 4.74. The summed E-state index contributed by atoms with van der Waals surface area (Å²) in [6, 6.07) is 9.92. The highest BCUT2D eigenvalue weighted by Crippen LogP contribution is 2.24. The van der Waals surface area contributed by atoms with Crippen molar-refractivity contribution in [2.24, 2.45) is 17.8 Å². The first kappa shape index (κ1) is 20.8. The number of hydrogen-bond acceptors (Lipinski definition) is 3. The Hall–Kier alpha value is -1.88. The van der Waals surface area contributed by atoms with Crippen LogP contribution < -0.4 is 5.32 Å². The van der Waals surface area contributed by atoms with Crippen LogP contribution >= 0.6 is 0 Å². The molecule has 0 aromatic heterocycles. The molecule has 1 aromatic carbocycles. The first-order valence-corrected chi connectivity index (χ1v) is 10.8. The van der Waals surface area contributed by atoms with Gasteiger partial charge >= 0.3 is 0 Å². The van der Waals surface area contributed by atoms with Crippen LogP contribution in [-0.2, 0) is 16.1 Å². The molecule has 2 heterocycles. The number of hydrogen-bond donors (Lipinski definition) is 1. The Kier molecular flexibility index (Phi) is 7.11. The van der Waals surface area contributed by atoms with E-state index in [0.29, 0.717) is 18.4 Å². The van der Waals surface area contributed by atoms with Crippen LogP contribution in [0.3, 0.4) is 0 Å². The van der Waals surface area contributed by atoms with Crippen LogP contribution in [0.4, 0.5) is 0 Å². The fourth-order valence-corrected chi connectivity index (χ4v) is 4.74. The number of piperidine rings is 2. The van der Waals surface area contributed by atoms with Gasteiger partial charge in [0.2, 0.25) is 11.8 Å². The van der Waals surface area contributed by atoms with Crippen molar-refractivity contribution in [1.82, 2.24) is 15.1 Å². The van der Waals surface area contributed by atoms with Gasteiger partial charge in [-0.3, -0.25) is 14.5 Å². The van der Waals surface area contributed by atoms with Crippen molar-refractivity contribution in [3.05, 3.63) is 35.9 Å². The Morgan fingerprint density at radius 2 is 1.68 bits per heavy atom. The molecule has 154 valence electrons. The van der Waals surface area contributed by atoms with Gasteiger partial charge < -0.3 is 10.2 Å². The number of rotatable bonds is 5. The molecule has 0 aliphatic carbocycles.